The van der Waals surface area contributed by atoms with Crippen LogP contribution in [-0.2, 0) is 23.8 Å². The van der Waals surface area contributed by atoms with Gasteiger partial charge >= 0.3 is 11.9 Å². The number of rotatable bonds is 16. The van der Waals surface area contributed by atoms with Crippen LogP contribution in [0.4, 0.5) is 31.8 Å². The molecule has 1 atom stereocenters. The molecule has 17 nitrogen and oxygen atoms in total. The molecule has 376 valence electrons. The van der Waals surface area contributed by atoms with Crippen LogP contribution in [0, 0.1) is 11.6 Å². The van der Waals surface area contributed by atoms with Gasteiger partial charge in [-0.1, -0.05) is 23.2 Å². The number of nitrogens with one attached hydrogen (secondary N) is 2. The van der Waals surface area contributed by atoms with Crippen LogP contribution in [0.3, 0.4) is 0 Å². The average Bonchev–Trinajstić information content (AvgIpc) is 3.84. The standard InChI is InChI=1S/C27H30ClFN4O5.C23H24ClFN4O4/c1-27(2)15-33(13-25(34)38-27)7-9-36-23-11-19-22(12-24(23)37-14-18-4-3-8-35-18)30-16-31-26(19)32-17-5-6-21(29)20(28)10-17;1-23(2)12-29(11-21(30)33-23)6-7-32-20-9-15-18(10-19(20)31-3)26-13-27-22(15)28-14-4-5-17(25)16(24)8-14/h5-6,10-12,16,18H,3-4,7-9,13-15H2,1-2H3,(H,30,31,32);4-5,8-10,13H,6-7,11-12H2,1-3H3,(H,26,27,28)/t18-;/m1./s1. The van der Waals surface area contributed by atoms with Crippen molar-refractivity contribution >= 4 is 80.0 Å². The summed E-state index contributed by atoms with van der Waals surface area (Å²) < 4.78 is 67.4. The molecule has 3 aliphatic rings. The normalized spacial score (nSPS) is 17.7. The number of anilines is 4. The second-order valence-electron chi connectivity index (χ2n) is 18.3. The van der Waals surface area contributed by atoms with Crippen molar-refractivity contribution in [3.8, 4) is 23.0 Å². The van der Waals surface area contributed by atoms with E-state index in [0.29, 0.717) is 114 Å². The Hall–Kier alpha value is -6.38. The molecular weight excluding hydrogens is 965 g/mol. The number of carbonyl (C=O) groups is 2. The lowest BCUT2D eigenvalue weighted by Crippen LogP contribution is -2.51. The molecule has 3 saturated heterocycles. The highest BCUT2D eigenvalue weighted by molar-refractivity contribution is 6.31. The van der Waals surface area contributed by atoms with Gasteiger partial charge in [0.05, 0.1) is 47.4 Å². The molecule has 5 heterocycles. The summed E-state index contributed by atoms with van der Waals surface area (Å²) in [5.41, 5.74) is 1.37. The number of benzene rings is 4. The third-order valence-corrected chi connectivity index (χ3v) is 12.0. The van der Waals surface area contributed by atoms with Gasteiger partial charge in [-0.2, -0.15) is 0 Å². The minimum absolute atomic E-state index is 0.00646. The van der Waals surface area contributed by atoms with E-state index in [4.69, 9.17) is 56.4 Å². The van der Waals surface area contributed by atoms with E-state index >= 15 is 0 Å². The molecule has 0 amide bonds. The predicted octanol–water partition coefficient (Wildman–Crippen LogP) is 8.93. The third-order valence-electron chi connectivity index (χ3n) is 11.5. The molecule has 3 aliphatic heterocycles. The average molecular weight is 1020 g/mol. The maximum absolute atomic E-state index is 13.6. The van der Waals surface area contributed by atoms with Crippen LogP contribution in [0.15, 0.2) is 73.3 Å². The topological polar surface area (TPSA) is 181 Å². The monoisotopic (exact) mass is 1020 g/mol. The van der Waals surface area contributed by atoms with E-state index in [9.17, 15) is 18.4 Å². The van der Waals surface area contributed by atoms with E-state index in [-0.39, 0.29) is 41.2 Å². The number of methoxy groups -OCH3 is 1. The van der Waals surface area contributed by atoms with Gasteiger partial charge in [0.1, 0.15) is 66.9 Å². The van der Waals surface area contributed by atoms with Crippen molar-refractivity contribution in [2.45, 2.75) is 57.8 Å². The van der Waals surface area contributed by atoms with Crippen LogP contribution < -0.4 is 29.6 Å². The van der Waals surface area contributed by atoms with Crippen LogP contribution in [0.25, 0.3) is 21.8 Å². The predicted molar refractivity (Wildman–Crippen MR) is 264 cm³/mol. The van der Waals surface area contributed by atoms with Gasteiger partial charge in [-0.05, 0) is 89.1 Å². The summed E-state index contributed by atoms with van der Waals surface area (Å²) in [6.45, 7) is 12.1. The fourth-order valence-electron chi connectivity index (χ4n) is 8.39. The molecule has 0 bridgehead atoms. The Kier molecular flexibility index (Phi) is 16.1. The molecule has 0 unspecified atom stereocenters. The van der Waals surface area contributed by atoms with Gasteiger partial charge in [0.15, 0.2) is 23.0 Å². The fourth-order valence-corrected chi connectivity index (χ4v) is 8.75. The van der Waals surface area contributed by atoms with Gasteiger partial charge in [-0.25, -0.2) is 28.7 Å². The van der Waals surface area contributed by atoms with E-state index in [0.717, 1.165) is 19.4 Å². The number of morpholine rings is 2. The molecule has 71 heavy (non-hydrogen) atoms. The smallest absolute Gasteiger partial charge is 0.320 e. The largest absolute Gasteiger partial charge is 0.493 e. The number of halogens is 4. The second-order valence-corrected chi connectivity index (χ2v) is 19.1. The van der Waals surface area contributed by atoms with Crippen LogP contribution >= 0.6 is 23.2 Å². The molecule has 0 spiro atoms. The number of fused-ring (bicyclic) bond motifs is 2. The minimum atomic E-state index is -0.547. The van der Waals surface area contributed by atoms with Gasteiger partial charge in [0.2, 0.25) is 0 Å². The molecule has 0 aliphatic carbocycles. The number of esters is 2. The summed E-state index contributed by atoms with van der Waals surface area (Å²) in [4.78, 5) is 45.2. The van der Waals surface area contributed by atoms with Gasteiger partial charge in [0, 0.05) is 67.1 Å². The number of carbonyl (C=O) groups excluding carboxylic acids is 2. The SMILES string of the molecule is CC1(C)CN(CCOc2cc3c(Nc4ccc(F)c(Cl)c4)ncnc3cc2OC[C@H]2CCCO2)CC(=O)O1.COc1cc2ncnc(Nc3ccc(F)c(Cl)c3)c2cc1OCCN1CC(=O)OC(C)(C)C1. The Labute approximate surface area is 419 Å². The molecule has 21 heteroatoms. The zero-order valence-electron chi connectivity index (χ0n) is 39.9. The summed E-state index contributed by atoms with van der Waals surface area (Å²) >= 11 is 11.8. The van der Waals surface area contributed by atoms with Crippen LogP contribution in [0.2, 0.25) is 10.0 Å². The molecule has 4 aromatic carbocycles. The molecular formula is C50H54Cl2F2N8O9. The van der Waals surface area contributed by atoms with Crippen molar-refractivity contribution in [2.75, 3.05) is 83.4 Å². The number of nitrogens with zero attached hydrogens (tertiary/aromatic N) is 6. The summed E-state index contributed by atoms with van der Waals surface area (Å²) in [5, 5.41) is 7.72. The van der Waals surface area contributed by atoms with Gasteiger partial charge in [-0.15, -0.1) is 0 Å². The Morgan fingerprint density at radius 3 is 1.61 bits per heavy atom. The first-order valence-electron chi connectivity index (χ1n) is 22.9. The first-order valence-corrected chi connectivity index (χ1v) is 23.7. The quantitative estimate of drug-likeness (QED) is 0.0876. The van der Waals surface area contributed by atoms with Crippen molar-refractivity contribution < 1.29 is 51.5 Å². The summed E-state index contributed by atoms with van der Waals surface area (Å²) in [7, 11) is 1.55. The Morgan fingerprint density at radius 2 is 1.15 bits per heavy atom. The maximum atomic E-state index is 13.6. The van der Waals surface area contributed by atoms with Crippen molar-refractivity contribution in [3.63, 3.8) is 0 Å². The zero-order valence-corrected chi connectivity index (χ0v) is 41.4. The number of hydrogen-bond donors (Lipinski definition) is 2. The van der Waals surface area contributed by atoms with Gasteiger partial charge in [0.25, 0.3) is 0 Å². The lowest BCUT2D eigenvalue weighted by atomic mass is 10.1. The van der Waals surface area contributed by atoms with E-state index in [1.165, 1.54) is 36.9 Å². The first-order chi connectivity index (χ1) is 34.0. The van der Waals surface area contributed by atoms with Crippen LogP contribution in [-0.4, -0.2) is 132 Å². The van der Waals surface area contributed by atoms with Crippen LogP contribution in [0.1, 0.15) is 40.5 Å². The molecule has 3 fully saturated rings. The summed E-state index contributed by atoms with van der Waals surface area (Å²) in [6.07, 6.45) is 4.86. The van der Waals surface area contributed by atoms with Crippen molar-refractivity contribution in [1.29, 1.82) is 0 Å². The minimum Gasteiger partial charge on any atom is -0.493 e. The Morgan fingerprint density at radius 1 is 0.676 bits per heavy atom. The number of cyclic esters (lactones) is 2. The maximum Gasteiger partial charge on any atom is 0.320 e. The highest BCUT2D eigenvalue weighted by atomic mass is 35.5. The lowest BCUT2D eigenvalue weighted by Gasteiger charge is -2.37. The Bertz CT molecular complexity index is 2890. The first kappa shape index (κ1) is 51.0. The van der Waals surface area contributed by atoms with Crippen molar-refractivity contribution in [2.24, 2.45) is 0 Å². The summed E-state index contributed by atoms with van der Waals surface area (Å²) in [6, 6.07) is 15.9. The van der Waals surface area contributed by atoms with Crippen molar-refractivity contribution in [3.05, 3.63) is 95.0 Å². The third kappa shape index (κ3) is 13.5. The fraction of sp³-hybridized carbons (Fsp3) is 0.400. The number of ether oxygens (including phenoxy) is 7. The molecule has 6 aromatic rings. The molecule has 9 rings (SSSR count). The Balaban J connectivity index is 0.000000192. The van der Waals surface area contributed by atoms with Gasteiger partial charge < -0.3 is 43.8 Å². The summed E-state index contributed by atoms with van der Waals surface area (Å²) in [5.74, 6) is 1.62. The second kappa shape index (κ2) is 22.4. The number of aromatic nitrogens is 4. The van der Waals surface area contributed by atoms with E-state index in [2.05, 4.69) is 30.6 Å². The molecule has 0 radical (unpaired) electrons. The van der Waals surface area contributed by atoms with Gasteiger partial charge in [-0.3, -0.25) is 19.4 Å². The van der Waals surface area contributed by atoms with E-state index < -0.39 is 22.8 Å². The number of hydrogen-bond acceptors (Lipinski definition) is 17. The zero-order chi connectivity index (χ0) is 50.3. The highest BCUT2D eigenvalue weighted by Gasteiger charge is 2.34. The van der Waals surface area contributed by atoms with Crippen LogP contribution in [0.5, 0.6) is 23.0 Å². The van der Waals surface area contributed by atoms with E-state index in [1.807, 2.05) is 49.6 Å². The molecule has 0 saturated carbocycles. The molecule has 2 aromatic heterocycles. The van der Waals surface area contributed by atoms with E-state index in [1.54, 1.807) is 31.4 Å². The molecule has 2 N–H and O–H groups in total. The van der Waals surface area contributed by atoms with Crippen molar-refractivity contribution in [1.82, 2.24) is 29.7 Å². The highest BCUT2D eigenvalue weighted by Crippen LogP contribution is 2.37. The lowest BCUT2D eigenvalue weighted by molar-refractivity contribution is -0.170.